The molecule has 0 bridgehead atoms. The minimum Gasteiger partial charge on any atom is -0.461 e. The van der Waals surface area contributed by atoms with Crippen LogP contribution >= 0.6 is 24.2 Å². The second-order valence-corrected chi connectivity index (χ2v) is 3.25. The lowest BCUT2D eigenvalue weighted by Gasteiger charge is -2.01. The Bertz CT molecular complexity index is 284. The number of carbonyl (C=O) groups is 1. The molecule has 0 atom stereocenters. The molecular formula is C9H9ClO2S. The quantitative estimate of drug-likeness (QED) is 0.621. The van der Waals surface area contributed by atoms with Gasteiger partial charge in [-0.15, -0.1) is 0 Å². The van der Waals surface area contributed by atoms with Gasteiger partial charge in [0.1, 0.15) is 6.61 Å². The van der Waals surface area contributed by atoms with Gasteiger partial charge in [0, 0.05) is 10.8 Å². The zero-order valence-electron chi connectivity index (χ0n) is 6.87. The summed E-state index contributed by atoms with van der Waals surface area (Å²) in [4.78, 5) is 11.2. The summed E-state index contributed by atoms with van der Waals surface area (Å²) in [5.74, 6) is 0.185. The predicted molar refractivity (Wildman–Crippen MR) is 55.6 cm³/mol. The molecule has 0 spiro atoms. The molecule has 2 nitrogen and oxygen atoms in total. The van der Waals surface area contributed by atoms with E-state index in [-0.39, 0.29) is 5.97 Å². The summed E-state index contributed by atoms with van der Waals surface area (Å²) in [7, 11) is 0. The fourth-order valence-electron chi connectivity index (χ4n) is 0.808. The highest BCUT2D eigenvalue weighted by Crippen LogP contribution is 2.10. The second-order valence-electron chi connectivity index (χ2n) is 2.37. The highest BCUT2D eigenvalue weighted by molar-refractivity contribution is 7.80. The summed E-state index contributed by atoms with van der Waals surface area (Å²) in [6, 6.07) is 6.56. The Hall–Kier alpha value is -0.670. The van der Waals surface area contributed by atoms with Gasteiger partial charge in [-0.3, -0.25) is 0 Å². The van der Waals surface area contributed by atoms with Gasteiger partial charge in [0.25, 0.3) is 0 Å². The van der Waals surface area contributed by atoms with Crippen LogP contribution in [0.25, 0.3) is 0 Å². The molecule has 0 radical (unpaired) electrons. The van der Waals surface area contributed by atoms with Crippen molar-refractivity contribution in [2.45, 2.75) is 0 Å². The van der Waals surface area contributed by atoms with Crippen molar-refractivity contribution in [2.24, 2.45) is 0 Å². The van der Waals surface area contributed by atoms with E-state index < -0.39 is 0 Å². The van der Waals surface area contributed by atoms with Gasteiger partial charge in [-0.25, -0.2) is 4.79 Å². The van der Waals surface area contributed by atoms with Crippen molar-refractivity contribution < 1.29 is 9.53 Å². The van der Waals surface area contributed by atoms with Crippen LogP contribution in [0.1, 0.15) is 10.4 Å². The molecule has 1 rings (SSSR count). The minimum absolute atomic E-state index is 0.324. The first-order valence-electron chi connectivity index (χ1n) is 3.77. The van der Waals surface area contributed by atoms with Crippen LogP contribution in [0.15, 0.2) is 24.3 Å². The molecule has 0 saturated carbocycles. The maximum atomic E-state index is 11.2. The summed E-state index contributed by atoms with van der Waals surface area (Å²) in [5.41, 5.74) is 0.506. The third kappa shape index (κ3) is 3.28. The van der Waals surface area contributed by atoms with Gasteiger partial charge in [0.2, 0.25) is 0 Å². The molecule has 13 heavy (non-hydrogen) atoms. The Kier molecular flexibility index (Phi) is 4.12. The zero-order chi connectivity index (χ0) is 9.68. The molecule has 0 aromatic heterocycles. The van der Waals surface area contributed by atoms with E-state index in [0.717, 1.165) is 0 Å². The van der Waals surface area contributed by atoms with Crippen molar-refractivity contribution in [1.29, 1.82) is 0 Å². The van der Waals surface area contributed by atoms with Gasteiger partial charge < -0.3 is 4.74 Å². The summed E-state index contributed by atoms with van der Waals surface area (Å²) >= 11 is 9.58. The van der Waals surface area contributed by atoms with Crippen molar-refractivity contribution in [1.82, 2.24) is 0 Å². The molecule has 0 N–H and O–H groups in total. The van der Waals surface area contributed by atoms with E-state index in [0.29, 0.717) is 22.9 Å². The molecule has 0 aliphatic heterocycles. The van der Waals surface area contributed by atoms with Crippen molar-refractivity contribution in [3.05, 3.63) is 34.9 Å². The third-order valence-electron chi connectivity index (χ3n) is 1.40. The van der Waals surface area contributed by atoms with Crippen LogP contribution in [0.2, 0.25) is 5.02 Å². The van der Waals surface area contributed by atoms with Crippen LogP contribution in [0.5, 0.6) is 0 Å². The van der Waals surface area contributed by atoms with Crippen LogP contribution < -0.4 is 0 Å². The van der Waals surface area contributed by atoms with Crippen LogP contribution in [0.4, 0.5) is 0 Å². The number of benzene rings is 1. The Morgan fingerprint density at radius 2 is 2.00 bits per heavy atom. The monoisotopic (exact) mass is 216 g/mol. The first kappa shape index (κ1) is 10.4. The molecule has 0 unspecified atom stereocenters. The lowest BCUT2D eigenvalue weighted by Crippen LogP contribution is -2.06. The van der Waals surface area contributed by atoms with Crippen LogP contribution in [-0.2, 0) is 4.74 Å². The number of esters is 1. The van der Waals surface area contributed by atoms with Gasteiger partial charge in [0.05, 0.1) is 5.56 Å². The molecular weight excluding hydrogens is 208 g/mol. The Morgan fingerprint density at radius 1 is 1.38 bits per heavy atom. The number of hydrogen-bond acceptors (Lipinski definition) is 3. The highest BCUT2D eigenvalue weighted by atomic mass is 35.5. The van der Waals surface area contributed by atoms with E-state index >= 15 is 0 Å². The lowest BCUT2D eigenvalue weighted by molar-refractivity contribution is 0.0530. The normalized spacial score (nSPS) is 9.69. The van der Waals surface area contributed by atoms with Crippen molar-refractivity contribution in [3.63, 3.8) is 0 Å². The number of ether oxygens (including phenoxy) is 1. The summed E-state index contributed by atoms with van der Waals surface area (Å²) in [6.45, 7) is 0.324. The smallest absolute Gasteiger partial charge is 0.338 e. The Morgan fingerprint density at radius 3 is 2.54 bits per heavy atom. The van der Waals surface area contributed by atoms with E-state index in [2.05, 4.69) is 12.6 Å². The summed E-state index contributed by atoms with van der Waals surface area (Å²) < 4.78 is 4.86. The van der Waals surface area contributed by atoms with E-state index in [4.69, 9.17) is 16.3 Å². The van der Waals surface area contributed by atoms with Crippen LogP contribution in [-0.4, -0.2) is 18.3 Å². The summed E-state index contributed by atoms with van der Waals surface area (Å²) in [5, 5.41) is 0.603. The molecule has 1 aromatic carbocycles. The van der Waals surface area contributed by atoms with Crippen molar-refractivity contribution in [3.8, 4) is 0 Å². The highest BCUT2D eigenvalue weighted by Gasteiger charge is 2.04. The SMILES string of the molecule is O=C(OCCS)c1ccc(Cl)cc1. The maximum absolute atomic E-state index is 11.2. The topological polar surface area (TPSA) is 26.3 Å². The van der Waals surface area contributed by atoms with Crippen LogP contribution in [0.3, 0.4) is 0 Å². The Balaban J connectivity index is 2.61. The molecule has 0 aliphatic carbocycles. The number of thiol groups is 1. The van der Waals surface area contributed by atoms with E-state index in [1.165, 1.54) is 0 Å². The van der Waals surface area contributed by atoms with E-state index in [9.17, 15) is 4.79 Å². The van der Waals surface area contributed by atoms with Crippen LogP contribution in [0, 0.1) is 0 Å². The molecule has 70 valence electrons. The van der Waals surface area contributed by atoms with E-state index in [1.807, 2.05) is 0 Å². The molecule has 0 amide bonds. The fraction of sp³-hybridized carbons (Fsp3) is 0.222. The average Bonchev–Trinajstić information content (AvgIpc) is 2.15. The number of halogens is 1. The fourth-order valence-corrected chi connectivity index (χ4v) is 1.02. The molecule has 0 saturated heterocycles. The molecule has 1 aromatic rings. The maximum Gasteiger partial charge on any atom is 0.338 e. The molecule has 0 fully saturated rings. The lowest BCUT2D eigenvalue weighted by atomic mass is 10.2. The zero-order valence-corrected chi connectivity index (χ0v) is 8.52. The number of hydrogen-bond donors (Lipinski definition) is 1. The Labute approximate surface area is 87.3 Å². The first-order chi connectivity index (χ1) is 6.24. The number of rotatable bonds is 3. The van der Waals surface area contributed by atoms with E-state index in [1.54, 1.807) is 24.3 Å². The van der Waals surface area contributed by atoms with Gasteiger partial charge in [-0.2, -0.15) is 12.6 Å². The predicted octanol–water partition coefficient (Wildman–Crippen LogP) is 2.43. The minimum atomic E-state index is -0.342. The molecule has 4 heteroatoms. The van der Waals surface area contributed by atoms with Crippen molar-refractivity contribution in [2.75, 3.05) is 12.4 Å². The second kappa shape index (κ2) is 5.14. The largest absolute Gasteiger partial charge is 0.461 e. The average molecular weight is 217 g/mol. The van der Waals surface area contributed by atoms with Gasteiger partial charge in [-0.1, -0.05) is 11.6 Å². The van der Waals surface area contributed by atoms with Gasteiger partial charge >= 0.3 is 5.97 Å². The van der Waals surface area contributed by atoms with Gasteiger partial charge in [0.15, 0.2) is 0 Å². The first-order valence-corrected chi connectivity index (χ1v) is 4.78. The summed E-state index contributed by atoms with van der Waals surface area (Å²) in [6.07, 6.45) is 0. The molecule has 0 heterocycles. The van der Waals surface area contributed by atoms with Crippen molar-refractivity contribution >= 4 is 30.2 Å². The van der Waals surface area contributed by atoms with Gasteiger partial charge in [-0.05, 0) is 24.3 Å². The standard InChI is InChI=1S/C9H9ClO2S/c10-8-3-1-7(2-4-8)9(11)12-5-6-13/h1-4,13H,5-6H2. The third-order valence-corrected chi connectivity index (χ3v) is 1.84. The number of carbonyl (C=O) groups excluding carboxylic acids is 1. The molecule has 0 aliphatic rings.